The summed E-state index contributed by atoms with van der Waals surface area (Å²) in [6.45, 7) is 3.07. The molecule has 0 aliphatic carbocycles. The molecule has 5 nitrogen and oxygen atoms in total. The Labute approximate surface area is 77.9 Å². The van der Waals surface area contributed by atoms with E-state index in [2.05, 4.69) is 4.74 Å². The third-order valence-corrected chi connectivity index (χ3v) is 1.89. The topological polar surface area (TPSA) is 70.0 Å². The summed E-state index contributed by atoms with van der Waals surface area (Å²) in [5.41, 5.74) is -0.646. The molecule has 0 rings (SSSR count). The molecule has 1 amide bonds. The van der Waals surface area contributed by atoms with Crippen LogP contribution >= 0.6 is 0 Å². The van der Waals surface area contributed by atoms with Gasteiger partial charge in [0.15, 0.2) is 0 Å². The second-order valence-corrected chi connectivity index (χ2v) is 3.37. The highest BCUT2D eigenvalue weighted by Crippen LogP contribution is 2.11. The lowest BCUT2D eigenvalue weighted by Gasteiger charge is -2.32. The van der Waals surface area contributed by atoms with Gasteiger partial charge in [-0.3, -0.25) is 0 Å². The highest BCUT2D eigenvalue weighted by atomic mass is 16.6. The number of hydrogen-bond donors (Lipinski definition) is 2. The van der Waals surface area contributed by atoms with Gasteiger partial charge >= 0.3 is 6.09 Å². The van der Waals surface area contributed by atoms with E-state index in [1.165, 1.54) is 11.9 Å². The average molecular weight is 191 g/mol. The molecule has 0 heterocycles. The van der Waals surface area contributed by atoms with Crippen molar-refractivity contribution in [1.82, 2.24) is 4.90 Å². The van der Waals surface area contributed by atoms with Crippen molar-refractivity contribution in [2.45, 2.75) is 19.4 Å². The molecule has 2 N–H and O–H groups in total. The Bertz CT molecular complexity index is 170. The van der Waals surface area contributed by atoms with Crippen LogP contribution in [0.5, 0.6) is 0 Å². The number of ether oxygens (including phenoxy) is 1. The Morgan fingerprint density at radius 2 is 2.00 bits per heavy atom. The van der Waals surface area contributed by atoms with Crippen LogP contribution in [0.3, 0.4) is 0 Å². The van der Waals surface area contributed by atoms with E-state index in [-0.39, 0.29) is 19.8 Å². The number of carbonyl (C=O) groups excluding carboxylic acids is 1. The molecule has 0 aliphatic rings. The molecule has 5 heteroatoms. The van der Waals surface area contributed by atoms with Gasteiger partial charge in [0.05, 0.1) is 18.8 Å². The first kappa shape index (κ1) is 12.2. The van der Waals surface area contributed by atoms with Crippen molar-refractivity contribution < 1.29 is 19.7 Å². The molecule has 0 radical (unpaired) electrons. The third kappa shape index (κ3) is 3.61. The molecule has 0 saturated carbocycles. The SMILES string of the molecule is CN(C(=O)OCCO)C(C)(C)CO. The van der Waals surface area contributed by atoms with Gasteiger partial charge in [-0.1, -0.05) is 0 Å². The predicted molar refractivity (Wildman–Crippen MR) is 47.4 cm³/mol. The summed E-state index contributed by atoms with van der Waals surface area (Å²) in [4.78, 5) is 12.5. The van der Waals surface area contributed by atoms with Gasteiger partial charge in [0.1, 0.15) is 6.61 Å². The number of aliphatic hydroxyl groups is 2. The lowest BCUT2D eigenvalue weighted by atomic mass is 10.1. The molecule has 13 heavy (non-hydrogen) atoms. The quantitative estimate of drug-likeness (QED) is 0.646. The number of likely N-dealkylation sites (N-methyl/N-ethyl adjacent to an activating group) is 1. The molecule has 0 spiro atoms. The summed E-state index contributed by atoms with van der Waals surface area (Å²) < 4.78 is 4.67. The van der Waals surface area contributed by atoms with Crippen LogP contribution in [0.2, 0.25) is 0 Å². The minimum Gasteiger partial charge on any atom is -0.447 e. The van der Waals surface area contributed by atoms with Gasteiger partial charge in [0.2, 0.25) is 0 Å². The van der Waals surface area contributed by atoms with Gasteiger partial charge in [-0.05, 0) is 13.8 Å². The third-order valence-electron chi connectivity index (χ3n) is 1.89. The van der Waals surface area contributed by atoms with E-state index in [0.29, 0.717) is 0 Å². The number of aliphatic hydroxyl groups excluding tert-OH is 2. The maximum absolute atomic E-state index is 11.2. The zero-order chi connectivity index (χ0) is 10.5. The smallest absolute Gasteiger partial charge is 0.410 e. The lowest BCUT2D eigenvalue weighted by molar-refractivity contribution is 0.0412. The Morgan fingerprint density at radius 3 is 2.38 bits per heavy atom. The fraction of sp³-hybridized carbons (Fsp3) is 0.875. The van der Waals surface area contributed by atoms with Gasteiger partial charge in [-0.2, -0.15) is 0 Å². The summed E-state index contributed by atoms with van der Waals surface area (Å²) in [7, 11) is 1.54. The first-order chi connectivity index (χ1) is 5.95. The van der Waals surface area contributed by atoms with Gasteiger partial charge in [0, 0.05) is 7.05 Å². The van der Waals surface area contributed by atoms with Gasteiger partial charge in [-0.15, -0.1) is 0 Å². The first-order valence-electron chi connectivity index (χ1n) is 4.08. The normalized spacial score (nSPS) is 11.2. The molecular formula is C8H17NO4. The largest absolute Gasteiger partial charge is 0.447 e. The molecule has 78 valence electrons. The van der Waals surface area contributed by atoms with E-state index in [9.17, 15) is 4.79 Å². The van der Waals surface area contributed by atoms with Crippen molar-refractivity contribution in [2.75, 3.05) is 26.9 Å². The summed E-state index contributed by atoms with van der Waals surface area (Å²) in [5.74, 6) is 0. The second-order valence-electron chi connectivity index (χ2n) is 3.37. The van der Waals surface area contributed by atoms with Crippen LogP contribution in [0.1, 0.15) is 13.8 Å². The van der Waals surface area contributed by atoms with E-state index in [4.69, 9.17) is 10.2 Å². The highest BCUT2D eigenvalue weighted by molar-refractivity contribution is 5.68. The molecule has 0 fully saturated rings. The van der Waals surface area contributed by atoms with E-state index >= 15 is 0 Å². The average Bonchev–Trinajstić information content (AvgIpc) is 2.12. The van der Waals surface area contributed by atoms with Gasteiger partial charge < -0.3 is 19.8 Å². The van der Waals surface area contributed by atoms with Crippen molar-refractivity contribution in [1.29, 1.82) is 0 Å². The molecule has 0 aromatic rings. The highest BCUT2D eigenvalue weighted by Gasteiger charge is 2.27. The summed E-state index contributed by atoms with van der Waals surface area (Å²) >= 11 is 0. The Morgan fingerprint density at radius 1 is 1.46 bits per heavy atom. The van der Waals surface area contributed by atoms with Crippen molar-refractivity contribution in [3.63, 3.8) is 0 Å². The Hall–Kier alpha value is -0.810. The fourth-order valence-electron chi connectivity index (χ4n) is 0.583. The Kier molecular flexibility index (Phi) is 4.72. The van der Waals surface area contributed by atoms with Crippen molar-refractivity contribution in [3.8, 4) is 0 Å². The van der Waals surface area contributed by atoms with Crippen LogP contribution in [0, 0.1) is 0 Å². The minimum absolute atomic E-state index is 0.0231. The van der Waals surface area contributed by atoms with Crippen molar-refractivity contribution in [3.05, 3.63) is 0 Å². The van der Waals surface area contributed by atoms with Crippen LogP contribution in [-0.2, 0) is 4.74 Å². The standard InChI is InChI=1S/C8H17NO4/c1-8(2,6-11)9(3)7(12)13-5-4-10/h10-11H,4-6H2,1-3H3. The van der Waals surface area contributed by atoms with Crippen LogP contribution in [0.4, 0.5) is 4.79 Å². The first-order valence-corrected chi connectivity index (χ1v) is 4.08. The van der Waals surface area contributed by atoms with Gasteiger partial charge in [0.25, 0.3) is 0 Å². The second kappa shape index (κ2) is 5.04. The van der Waals surface area contributed by atoms with E-state index < -0.39 is 11.6 Å². The number of rotatable bonds is 4. The number of hydrogen-bond acceptors (Lipinski definition) is 4. The van der Waals surface area contributed by atoms with Crippen molar-refractivity contribution >= 4 is 6.09 Å². The van der Waals surface area contributed by atoms with E-state index in [1.54, 1.807) is 13.8 Å². The van der Waals surface area contributed by atoms with Gasteiger partial charge in [-0.25, -0.2) is 4.79 Å². The van der Waals surface area contributed by atoms with E-state index in [0.717, 1.165) is 0 Å². The molecule has 0 bridgehead atoms. The van der Waals surface area contributed by atoms with Crippen LogP contribution in [0.15, 0.2) is 0 Å². The fourth-order valence-corrected chi connectivity index (χ4v) is 0.583. The van der Waals surface area contributed by atoms with Crippen LogP contribution in [-0.4, -0.2) is 53.6 Å². The monoisotopic (exact) mass is 191 g/mol. The summed E-state index contributed by atoms with van der Waals surface area (Å²) in [6, 6.07) is 0. The molecular weight excluding hydrogens is 174 g/mol. The molecule has 0 aliphatic heterocycles. The number of nitrogens with zero attached hydrogens (tertiary/aromatic N) is 1. The predicted octanol–water partition coefficient (Wildman–Crippen LogP) is -0.182. The van der Waals surface area contributed by atoms with E-state index in [1.807, 2.05) is 0 Å². The number of amides is 1. The molecule has 0 aromatic heterocycles. The van der Waals surface area contributed by atoms with Crippen LogP contribution < -0.4 is 0 Å². The minimum atomic E-state index is -0.646. The Balaban J connectivity index is 4.09. The maximum atomic E-state index is 11.2. The molecule has 0 saturated heterocycles. The zero-order valence-electron chi connectivity index (χ0n) is 8.28. The maximum Gasteiger partial charge on any atom is 0.410 e. The molecule has 0 atom stereocenters. The zero-order valence-corrected chi connectivity index (χ0v) is 8.28. The van der Waals surface area contributed by atoms with Crippen LogP contribution in [0.25, 0.3) is 0 Å². The number of carbonyl (C=O) groups is 1. The molecule has 0 aromatic carbocycles. The summed E-state index contributed by atoms with van der Waals surface area (Å²) in [5, 5.41) is 17.4. The van der Waals surface area contributed by atoms with Crippen molar-refractivity contribution in [2.24, 2.45) is 0 Å². The lowest BCUT2D eigenvalue weighted by Crippen LogP contribution is -2.48. The molecule has 0 unspecified atom stereocenters. The summed E-state index contributed by atoms with van der Waals surface area (Å²) in [6.07, 6.45) is -0.548.